The maximum atomic E-state index is 13.4. The Morgan fingerprint density at radius 1 is 1.00 bits per heavy atom. The molecule has 0 saturated heterocycles. The van der Waals surface area contributed by atoms with Gasteiger partial charge in [0.05, 0.1) is 10.6 Å². The molecule has 0 atom stereocenters. The Balaban J connectivity index is 1.55. The maximum absolute atomic E-state index is 13.4. The summed E-state index contributed by atoms with van der Waals surface area (Å²) in [5, 5.41) is 8.90. The number of carbonyl (C=O) groups is 1. The van der Waals surface area contributed by atoms with E-state index in [2.05, 4.69) is 11.4 Å². The molecule has 6 heteroatoms. The molecule has 0 aliphatic carbocycles. The number of benzene rings is 1. The van der Waals surface area contributed by atoms with Gasteiger partial charge in [0.25, 0.3) is 5.91 Å². The van der Waals surface area contributed by atoms with Gasteiger partial charge in [-0.25, -0.2) is 4.68 Å². The van der Waals surface area contributed by atoms with E-state index in [4.69, 9.17) is 5.10 Å². The zero-order valence-electron chi connectivity index (χ0n) is 14.5. The number of amides is 1. The fourth-order valence-electron chi connectivity index (χ4n) is 3.43. The van der Waals surface area contributed by atoms with E-state index in [0.29, 0.717) is 12.2 Å². The molecule has 0 spiro atoms. The molecule has 1 aliphatic rings. The smallest absolute Gasteiger partial charge is 0.272 e. The van der Waals surface area contributed by atoms with Gasteiger partial charge in [-0.05, 0) is 53.1 Å². The maximum Gasteiger partial charge on any atom is 0.272 e. The van der Waals surface area contributed by atoms with Crippen LogP contribution in [0.3, 0.4) is 0 Å². The largest absolute Gasteiger partial charge is 0.333 e. The summed E-state index contributed by atoms with van der Waals surface area (Å²) in [6.45, 7) is 1.42. The number of fused-ring (bicyclic) bond motifs is 1. The molecule has 4 nitrogen and oxygen atoms in total. The van der Waals surface area contributed by atoms with Crippen LogP contribution >= 0.6 is 22.7 Å². The molecule has 0 unspecified atom stereocenters. The quantitative estimate of drug-likeness (QED) is 0.500. The summed E-state index contributed by atoms with van der Waals surface area (Å²) in [5.74, 6) is 0.0333. The van der Waals surface area contributed by atoms with Gasteiger partial charge in [0.15, 0.2) is 0 Å². The molecule has 0 fully saturated rings. The average Bonchev–Trinajstić information content (AvgIpc) is 3.47. The normalized spacial score (nSPS) is 13.6. The molecule has 0 bridgehead atoms. The topological polar surface area (TPSA) is 38.1 Å². The van der Waals surface area contributed by atoms with Crippen molar-refractivity contribution in [3.63, 3.8) is 0 Å². The molecule has 3 aromatic heterocycles. The molecular formula is C21H17N3OS2. The van der Waals surface area contributed by atoms with Crippen LogP contribution < -0.4 is 0 Å². The second-order valence-electron chi connectivity index (χ2n) is 6.49. The van der Waals surface area contributed by atoms with Crippen molar-refractivity contribution < 1.29 is 4.79 Å². The predicted octanol–water partition coefficient (Wildman–Crippen LogP) is 4.86. The van der Waals surface area contributed by atoms with Crippen LogP contribution in [-0.4, -0.2) is 27.1 Å². The van der Waals surface area contributed by atoms with Gasteiger partial charge in [-0.1, -0.05) is 24.3 Å². The minimum Gasteiger partial charge on any atom is -0.333 e. The minimum atomic E-state index is 0.0333. The van der Waals surface area contributed by atoms with Gasteiger partial charge < -0.3 is 4.90 Å². The van der Waals surface area contributed by atoms with Crippen molar-refractivity contribution in [2.24, 2.45) is 0 Å². The number of nitrogens with zero attached hydrogens (tertiary/aromatic N) is 3. The summed E-state index contributed by atoms with van der Waals surface area (Å²) in [4.78, 5) is 17.8. The van der Waals surface area contributed by atoms with E-state index in [-0.39, 0.29) is 5.91 Å². The van der Waals surface area contributed by atoms with Gasteiger partial charge in [0, 0.05) is 18.0 Å². The molecule has 134 valence electrons. The van der Waals surface area contributed by atoms with Crippen molar-refractivity contribution in [3.8, 4) is 16.3 Å². The minimum absolute atomic E-state index is 0.0333. The number of para-hydroxylation sites is 1. The summed E-state index contributed by atoms with van der Waals surface area (Å²) < 4.78 is 1.78. The highest BCUT2D eigenvalue weighted by Gasteiger charge is 2.26. The lowest BCUT2D eigenvalue weighted by Crippen LogP contribution is -2.36. The first-order valence-electron chi connectivity index (χ1n) is 8.83. The molecule has 0 N–H and O–H groups in total. The van der Waals surface area contributed by atoms with Crippen LogP contribution in [0.5, 0.6) is 0 Å². The van der Waals surface area contributed by atoms with Crippen LogP contribution in [-0.2, 0) is 13.0 Å². The highest BCUT2D eigenvalue weighted by Crippen LogP contribution is 2.29. The number of rotatable bonds is 3. The molecule has 4 heterocycles. The second kappa shape index (κ2) is 6.79. The third-order valence-electron chi connectivity index (χ3n) is 4.80. The van der Waals surface area contributed by atoms with E-state index in [1.54, 1.807) is 27.4 Å². The van der Waals surface area contributed by atoms with Crippen LogP contribution in [0.15, 0.2) is 65.4 Å². The fraction of sp³-hybridized carbons (Fsp3) is 0.143. The zero-order valence-corrected chi connectivity index (χ0v) is 16.2. The fourth-order valence-corrected chi connectivity index (χ4v) is 5.00. The Labute approximate surface area is 165 Å². The monoisotopic (exact) mass is 391 g/mol. The number of thiophene rings is 2. The molecule has 5 rings (SSSR count). The molecule has 27 heavy (non-hydrogen) atoms. The molecule has 0 radical (unpaired) electrons. The lowest BCUT2D eigenvalue weighted by molar-refractivity contribution is 0.0726. The van der Waals surface area contributed by atoms with E-state index in [9.17, 15) is 4.79 Å². The Hall–Kier alpha value is -2.70. The molecule has 1 aromatic carbocycles. The number of hydrogen-bond acceptors (Lipinski definition) is 4. The highest BCUT2D eigenvalue weighted by molar-refractivity contribution is 7.13. The Morgan fingerprint density at radius 2 is 1.89 bits per heavy atom. The summed E-state index contributed by atoms with van der Waals surface area (Å²) in [5.41, 5.74) is 3.62. The van der Waals surface area contributed by atoms with Crippen LogP contribution in [0.25, 0.3) is 16.3 Å². The van der Waals surface area contributed by atoms with Gasteiger partial charge in [0.1, 0.15) is 11.4 Å². The van der Waals surface area contributed by atoms with Crippen LogP contribution in [0.1, 0.15) is 20.9 Å². The van der Waals surface area contributed by atoms with E-state index >= 15 is 0 Å². The molecule has 1 amide bonds. The lowest BCUT2D eigenvalue weighted by atomic mass is 10.1. The first-order chi connectivity index (χ1) is 13.3. The van der Waals surface area contributed by atoms with Crippen molar-refractivity contribution in [2.45, 2.75) is 13.0 Å². The second-order valence-corrected chi connectivity index (χ2v) is 8.43. The number of carbonyl (C=O) groups excluding carboxylic acids is 1. The van der Waals surface area contributed by atoms with Gasteiger partial charge in [0.2, 0.25) is 0 Å². The summed E-state index contributed by atoms with van der Waals surface area (Å²) in [6.07, 6.45) is 0.927. The van der Waals surface area contributed by atoms with Gasteiger partial charge in [-0.15, -0.1) is 22.7 Å². The predicted molar refractivity (Wildman–Crippen MR) is 110 cm³/mol. The van der Waals surface area contributed by atoms with Crippen LogP contribution in [0.2, 0.25) is 0 Å². The Morgan fingerprint density at radius 3 is 2.70 bits per heavy atom. The van der Waals surface area contributed by atoms with E-state index < -0.39 is 0 Å². The first kappa shape index (κ1) is 16.5. The van der Waals surface area contributed by atoms with E-state index in [0.717, 1.165) is 29.2 Å². The third kappa shape index (κ3) is 3.01. The van der Waals surface area contributed by atoms with Crippen molar-refractivity contribution >= 4 is 28.6 Å². The molecule has 0 saturated carbocycles. The summed E-state index contributed by atoms with van der Waals surface area (Å²) in [7, 11) is 0. The third-order valence-corrected chi connectivity index (χ3v) is 6.71. The van der Waals surface area contributed by atoms with Crippen molar-refractivity contribution in [1.82, 2.24) is 14.7 Å². The molecule has 1 aliphatic heterocycles. The van der Waals surface area contributed by atoms with Crippen molar-refractivity contribution in [3.05, 3.63) is 81.5 Å². The van der Waals surface area contributed by atoms with E-state index in [1.807, 2.05) is 58.8 Å². The summed E-state index contributed by atoms with van der Waals surface area (Å²) >= 11 is 3.42. The zero-order chi connectivity index (χ0) is 18.2. The summed E-state index contributed by atoms with van der Waals surface area (Å²) in [6, 6.07) is 18.0. The van der Waals surface area contributed by atoms with Gasteiger partial charge in [-0.3, -0.25) is 4.79 Å². The standard InChI is InChI=1S/C21H17N3OS2/c25-21(23-10-8-19-15(14-23)9-12-27-19)18-13-17(20-7-4-11-26-20)22-24(18)16-5-2-1-3-6-16/h1-7,9,11-13H,8,10,14H2. The number of hydrogen-bond donors (Lipinski definition) is 0. The number of aromatic nitrogens is 2. The first-order valence-corrected chi connectivity index (χ1v) is 10.6. The highest BCUT2D eigenvalue weighted by atomic mass is 32.1. The van der Waals surface area contributed by atoms with Gasteiger partial charge >= 0.3 is 0 Å². The van der Waals surface area contributed by atoms with Crippen molar-refractivity contribution in [2.75, 3.05) is 6.54 Å². The Bertz CT molecular complexity index is 1080. The lowest BCUT2D eigenvalue weighted by Gasteiger charge is -2.27. The SMILES string of the molecule is O=C(c1cc(-c2cccs2)nn1-c1ccccc1)N1CCc2sccc2C1. The van der Waals surface area contributed by atoms with Crippen LogP contribution in [0, 0.1) is 0 Å². The van der Waals surface area contributed by atoms with Crippen LogP contribution in [0.4, 0.5) is 0 Å². The molecular weight excluding hydrogens is 374 g/mol. The Kier molecular flexibility index (Phi) is 4.14. The van der Waals surface area contributed by atoms with E-state index in [1.165, 1.54) is 10.4 Å². The van der Waals surface area contributed by atoms with Gasteiger partial charge in [-0.2, -0.15) is 5.10 Å². The molecule has 4 aromatic rings. The van der Waals surface area contributed by atoms with Crippen molar-refractivity contribution in [1.29, 1.82) is 0 Å². The average molecular weight is 392 g/mol.